The number of aliphatic hydroxyl groups is 1. The van der Waals surface area contributed by atoms with Gasteiger partial charge in [0, 0.05) is 23.5 Å². The van der Waals surface area contributed by atoms with E-state index in [4.69, 9.17) is 10.1 Å². The molecule has 0 aliphatic carbocycles. The Morgan fingerprint density at radius 1 is 1.10 bits per heavy atom. The highest BCUT2D eigenvalue weighted by Gasteiger charge is 2.12. The van der Waals surface area contributed by atoms with E-state index in [9.17, 15) is 4.79 Å². The number of aryl methyl sites for hydroxylation is 1. The average Bonchev–Trinajstić information content (AvgIpc) is 3.15. The number of carbonyl (C=O) groups excluding carboxylic acids is 1. The number of carbonyl (C=O) groups is 1. The monoisotopic (exact) mass is 402 g/mol. The summed E-state index contributed by atoms with van der Waals surface area (Å²) < 4.78 is 0. The fraction of sp³-hybridized carbons (Fsp3) is 0.0909. The maximum absolute atomic E-state index is 12.5. The van der Waals surface area contributed by atoms with E-state index >= 15 is 0 Å². The first-order valence-electron chi connectivity index (χ1n) is 8.94. The van der Waals surface area contributed by atoms with E-state index in [2.05, 4.69) is 21.9 Å². The Bertz CT molecular complexity index is 1220. The highest BCUT2D eigenvalue weighted by atomic mass is 32.1. The molecule has 2 N–H and O–H groups in total. The van der Waals surface area contributed by atoms with Crippen molar-refractivity contribution in [3.63, 3.8) is 0 Å². The second kappa shape index (κ2) is 7.90. The van der Waals surface area contributed by atoms with Gasteiger partial charge < -0.3 is 5.11 Å². The van der Waals surface area contributed by atoms with Crippen molar-refractivity contribution in [2.75, 3.05) is 11.9 Å². The number of hydrogen-bond acceptors (Lipinski definition) is 6. The zero-order valence-electron chi connectivity index (χ0n) is 15.7. The number of nitrogens with zero attached hydrogens (tertiary/aromatic N) is 3. The predicted octanol–water partition coefficient (Wildman–Crippen LogP) is 4.32. The highest BCUT2D eigenvalue weighted by Crippen LogP contribution is 2.29. The summed E-state index contributed by atoms with van der Waals surface area (Å²) in [6, 6.07) is 12.7. The molecule has 0 fully saturated rings. The number of aliphatic hydroxyl groups excluding tert-OH is 1. The van der Waals surface area contributed by atoms with Gasteiger partial charge in [0.05, 0.1) is 12.3 Å². The lowest BCUT2D eigenvalue weighted by Crippen LogP contribution is -2.11. The topological polar surface area (TPSA) is 88.0 Å². The molecule has 0 aliphatic heterocycles. The smallest absolute Gasteiger partial charge is 0.257 e. The Hall–Kier alpha value is -3.42. The molecular formula is C22H18N4O2S. The number of rotatable bonds is 5. The quantitative estimate of drug-likeness (QED) is 0.519. The van der Waals surface area contributed by atoms with Crippen molar-refractivity contribution in [1.82, 2.24) is 15.0 Å². The van der Waals surface area contributed by atoms with E-state index in [1.807, 2.05) is 25.1 Å². The third-order valence-corrected chi connectivity index (χ3v) is 5.40. The molecule has 7 heteroatoms. The van der Waals surface area contributed by atoms with E-state index in [0.717, 1.165) is 32.7 Å². The van der Waals surface area contributed by atoms with Crippen LogP contribution in [0, 0.1) is 6.92 Å². The zero-order chi connectivity index (χ0) is 20.4. The van der Waals surface area contributed by atoms with Gasteiger partial charge in [0.25, 0.3) is 5.91 Å². The molecule has 0 saturated carbocycles. The van der Waals surface area contributed by atoms with Crippen LogP contribution in [0.25, 0.3) is 27.2 Å². The van der Waals surface area contributed by atoms with E-state index in [0.29, 0.717) is 16.3 Å². The number of anilines is 1. The van der Waals surface area contributed by atoms with E-state index in [-0.39, 0.29) is 12.5 Å². The summed E-state index contributed by atoms with van der Waals surface area (Å²) >= 11 is 1.33. The van der Waals surface area contributed by atoms with Crippen LogP contribution in [-0.2, 0) is 0 Å². The van der Waals surface area contributed by atoms with Crippen LogP contribution in [-0.4, -0.2) is 32.6 Å². The van der Waals surface area contributed by atoms with Crippen molar-refractivity contribution < 1.29 is 9.90 Å². The Labute approximate surface area is 171 Å². The SMILES string of the molecule is C=C(CO)c1ccc(C(=O)Nc2nc3ccc(-c4ccncc4C)nc3s2)cc1. The van der Waals surface area contributed by atoms with Crippen LogP contribution in [0.2, 0.25) is 0 Å². The normalized spacial score (nSPS) is 10.8. The number of thiazole rings is 1. The molecule has 0 radical (unpaired) electrons. The van der Waals surface area contributed by atoms with Gasteiger partial charge in [-0.3, -0.25) is 15.1 Å². The Balaban J connectivity index is 1.56. The number of amides is 1. The summed E-state index contributed by atoms with van der Waals surface area (Å²) in [6.45, 7) is 5.65. The number of pyridine rings is 2. The molecule has 6 nitrogen and oxygen atoms in total. The van der Waals surface area contributed by atoms with Crippen molar-refractivity contribution in [2.24, 2.45) is 0 Å². The van der Waals surface area contributed by atoms with Crippen LogP contribution in [0.1, 0.15) is 21.5 Å². The summed E-state index contributed by atoms with van der Waals surface area (Å²) in [5.41, 5.74) is 5.55. The second-order valence-corrected chi connectivity index (χ2v) is 7.50. The summed E-state index contributed by atoms with van der Waals surface area (Å²) in [4.78, 5) is 26.6. The molecule has 3 heterocycles. The molecule has 0 bridgehead atoms. The van der Waals surface area contributed by atoms with Gasteiger partial charge in [0.2, 0.25) is 0 Å². The highest BCUT2D eigenvalue weighted by molar-refractivity contribution is 7.22. The number of nitrogens with one attached hydrogen (secondary N) is 1. The lowest BCUT2D eigenvalue weighted by molar-refractivity contribution is 0.102. The van der Waals surface area contributed by atoms with Crippen molar-refractivity contribution in [2.45, 2.75) is 6.92 Å². The number of hydrogen-bond donors (Lipinski definition) is 2. The molecule has 29 heavy (non-hydrogen) atoms. The Morgan fingerprint density at radius 3 is 2.59 bits per heavy atom. The van der Waals surface area contributed by atoms with Gasteiger partial charge in [0.1, 0.15) is 10.3 Å². The number of fused-ring (bicyclic) bond motifs is 1. The molecule has 0 unspecified atom stereocenters. The van der Waals surface area contributed by atoms with Crippen molar-refractivity contribution in [1.29, 1.82) is 0 Å². The van der Waals surface area contributed by atoms with Gasteiger partial charge in [-0.2, -0.15) is 0 Å². The molecule has 4 aromatic rings. The summed E-state index contributed by atoms with van der Waals surface area (Å²) in [6.07, 6.45) is 3.55. The van der Waals surface area contributed by atoms with Crippen LogP contribution >= 0.6 is 11.3 Å². The minimum absolute atomic E-state index is 0.120. The molecule has 144 valence electrons. The predicted molar refractivity (Wildman–Crippen MR) is 116 cm³/mol. The lowest BCUT2D eigenvalue weighted by Gasteiger charge is -2.04. The first-order chi connectivity index (χ1) is 14.0. The van der Waals surface area contributed by atoms with Crippen LogP contribution in [0.3, 0.4) is 0 Å². The third-order valence-electron chi connectivity index (χ3n) is 4.52. The summed E-state index contributed by atoms with van der Waals surface area (Å²) in [5.74, 6) is -0.254. The van der Waals surface area contributed by atoms with E-state index in [1.54, 1.807) is 36.7 Å². The molecule has 0 aliphatic rings. The first-order valence-corrected chi connectivity index (χ1v) is 9.76. The van der Waals surface area contributed by atoms with Gasteiger partial charge in [-0.15, -0.1) is 0 Å². The molecule has 0 spiro atoms. The maximum atomic E-state index is 12.5. The third kappa shape index (κ3) is 3.91. The van der Waals surface area contributed by atoms with Crippen molar-refractivity contribution in [3.05, 3.63) is 78.1 Å². The van der Waals surface area contributed by atoms with Crippen molar-refractivity contribution >= 4 is 38.3 Å². The fourth-order valence-electron chi connectivity index (χ4n) is 2.90. The average molecular weight is 402 g/mol. The van der Waals surface area contributed by atoms with E-state index in [1.165, 1.54) is 11.3 Å². The summed E-state index contributed by atoms with van der Waals surface area (Å²) in [5, 5.41) is 12.5. The van der Waals surface area contributed by atoms with E-state index < -0.39 is 0 Å². The second-order valence-electron chi connectivity index (χ2n) is 6.52. The molecule has 1 aromatic carbocycles. The van der Waals surface area contributed by atoms with Gasteiger partial charge in [-0.1, -0.05) is 30.0 Å². The number of benzene rings is 1. The molecular weight excluding hydrogens is 384 g/mol. The Morgan fingerprint density at radius 2 is 1.86 bits per heavy atom. The minimum Gasteiger partial charge on any atom is -0.392 e. The van der Waals surface area contributed by atoms with Crippen LogP contribution < -0.4 is 5.32 Å². The molecule has 1 amide bonds. The van der Waals surface area contributed by atoms with Gasteiger partial charge in [-0.05, 0) is 54.0 Å². The van der Waals surface area contributed by atoms with Crippen LogP contribution in [0.4, 0.5) is 5.13 Å². The van der Waals surface area contributed by atoms with Gasteiger partial charge in [-0.25, -0.2) is 9.97 Å². The first kappa shape index (κ1) is 18.9. The lowest BCUT2D eigenvalue weighted by atomic mass is 10.1. The largest absolute Gasteiger partial charge is 0.392 e. The Kier molecular flexibility index (Phi) is 5.16. The van der Waals surface area contributed by atoms with Gasteiger partial charge >= 0.3 is 0 Å². The summed E-state index contributed by atoms with van der Waals surface area (Å²) in [7, 11) is 0. The van der Waals surface area contributed by atoms with Gasteiger partial charge in [0.15, 0.2) is 5.13 Å². The standard InChI is InChI=1S/C22H18N4O2S/c1-13-11-23-10-9-17(13)18-7-8-19-21(24-18)29-22(25-19)26-20(28)16-5-3-15(4-6-16)14(2)12-27/h3-11,27H,2,12H2,1H3,(H,25,26,28). The van der Waals surface area contributed by atoms with Crippen LogP contribution in [0.5, 0.6) is 0 Å². The minimum atomic E-state index is -0.254. The molecule has 3 aromatic heterocycles. The zero-order valence-corrected chi connectivity index (χ0v) is 16.5. The van der Waals surface area contributed by atoms with Crippen molar-refractivity contribution in [3.8, 4) is 11.3 Å². The fourth-order valence-corrected chi connectivity index (χ4v) is 3.73. The number of aromatic nitrogens is 3. The van der Waals surface area contributed by atoms with Crippen LogP contribution in [0.15, 0.2) is 61.4 Å². The molecule has 0 atom stereocenters. The molecule has 0 saturated heterocycles. The molecule has 4 rings (SSSR count). The maximum Gasteiger partial charge on any atom is 0.257 e.